The molecule has 0 aliphatic carbocycles. The van der Waals surface area contributed by atoms with Crippen molar-refractivity contribution in [3.05, 3.63) is 81.1 Å². The van der Waals surface area contributed by atoms with E-state index in [0.29, 0.717) is 26.6 Å². The maximum absolute atomic E-state index is 11.9. The first kappa shape index (κ1) is 37.4. The standard InChI is InChI=1S/C30H35BrClN3O9S3/c1-29(2)24-17-21(32)19-34(13-5-15-45(36,37)38)28(24)33-26(29)11-7-20(31)8-12-27-30(3,4)23-18-22(47(42,43)44)9-10-25(23)35(27)14-6-16-46(39,40)41/h7-12,17-19H,5-6,13-16H2,1-4H3,(H2-,36,37,38,39,40,41,42,43,44)/p+1. The number of hydrogen-bond donors (Lipinski definition) is 3. The SMILES string of the molecule is CC1(C)C(=CC=C(Br)C=CC2=Nc3c(cc(Cl)c[n+]3CCCS(=O)(=O)O)C2(C)C)N(CCCS(=O)(=O)O)c2ccc(S(=O)(=O)O)cc21. The number of nitrogens with zero attached hydrogens (tertiary/aromatic N) is 3. The van der Waals surface area contributed by atoms with Gasteiger partial charge in [0.05, 0.1) is 38.9 Å². The molecule has 2 aliphatic rings. The van der Waals surface area contributed by atoms with Crippen LogP contribution in [0.15, 0.2) is 74.8 Å². The van der Waals surface area contributed by atoms with E-state index in [4.69, 9.17) is 21.1 Å². The lowest BCUT2D eigenvalue weighted by Gasteiger charge is -2.27. The highest BCUT2D eigenvalue weighted by atomic mass is 79.9. The summed E-state index contributed by atoms with van der Waals surface area (Å²) in [6, 6.07) is 6.07. The van der Waals surface area contributed by atoms with Gasteiger partial charge in [0.2, 0.25) is 0 Å². The Bertz CT molecular complexity index is 2060. The molecular weight excluding hydrogens is 758 g/mol. The predicted molar refractivity (Wildman–Crippen MR) is 185 cm³/mol. The first-order chi connectivity index (χ1) is 21.5. The average molecular weight is 794 g/mol. The Labute approximate surface area is 288 Å². The van der Waals surface area contributed by atoms with Gasteiger partial charge in [0.15, 0.2) is 5.71 Å². The van der Waals surface area contributed by atoms with Gasteiger partial charge in [0, 0.05) is 34.2 Å². The smallest absolute Gasteiger partial charge is 0.327 e. The van der Waals surface area contributed by atoms with E-state index in [9.17, 15) is 34.4 Å². The summed E-state index contributed by atoms with van der Waals surface area (Å²) in [5.74, 6) is -0.216. The molecule has 0 saturated heterocycles. The summed E-state index contributed by atoms with van der Waals surface area (Å²) in [6.45, 7) is 8.24. The van der Waals surface area contributed by atoms with Crippen molar-refractivity contribution in [3.8, 4) is 0 Å². The molecule has 0 atom stereocenters. The highest BCUT2D eigenvalue weighted by Gasteiger charge is 2.43. The number of hydrogen-bond acceptors (Lipinski definition) is 8. The summed E-state index contributed by atoms with van der Waals surface area (Å²) >= 11 is 9.97. The van der Waals surface area contributed by atoms with E-state index >= 15 is 0 Å². The van der Waals surface area contributed by atoms with E-state index in [1.165, 1.54) is 12.1 Å². The van der Waals surface area contributed by atoms with Gasteiger partial charge in [-0.1, -0.05) is 41.4 Å². The molecule has 1 aromatic carbocycles. The van der Waals surface area contributed by atoms with Crippen LogP contribution in [0.4, 0.5) is 11.5 Å². The molecule has 0 saturated carbocycles. The first-order valence-electron chi connectivity index (χ1n) is 14.4. The van der Waals surface area contributed by atoms with Gasteiger partial charge in [-0.25, -0.2) is 4.57 Å². The Kier molecular flexibility index (Phi) is 10.7. The number of aryl methyl sites for hydroxylation is 1. The van der Waals surface area contributed by atoms with Gasteiger partial charge in [-0.15, -0.1) is 0 Å². The second kappa shape index (κ2) is 13.5. The topological polar surface area (TPSA) is 183 Å². The van der Waals surface area contributed by atoms with Crippen LogP contribution in [0.3, 0.4) is 0 Å². The Morgan fingerprint density at radius 2 is 1.60 bits per heavy atom. The van der Waals surface area contributed by atoms with Crippen molar-refractivity contribution in [3.63, 3.8) is 0 Å². The third-order valence-electron chi connectivity index (χ3n) is 8.16. The number of halogens is 2. The number of anilines is 1. The number of aliphatic imine (C=N–C) groups is 1. The van der Waals surface area contributed by atoms with Crippen molar-refractivity contribution >= 4 is 75.1 Å². The summed E-state index contributed by atoms with van der Waals surface area (Å²) in [6.07, 6.45) is 9.21. The molecule has 0 bridgehead atoms. The Morgan fingerprint density at radius 3 is 2.21 bits per heavy atom. The number of pyridine rings is 1. The van der Waals surface area contributed by atoms with Crippen LogP contribution >= 0.6 is 27.5 Å². The fraction of sp³-hybridized carbons (Fsp3) is 0.400. The second-order valence-corrected chi connectivity index (χ2v) is 18.3. The van der Waals surface area contributed by atoms with E-state index in [-0.39, 0.29) is 30.8 Å². The van der Waals surface area contributed by atoms with Crippen molar-refractivity contribution in [1.29, 1.82) is 0 Å². The molecule has 0 fully saturated rings. The van der Waals surface area contributed by atoms with E-state index < -0.39 is 52.7 Å². The molecule has 256 valence electrons. The number of rotatable bonds is 12. The molecule has 2 aromatic rings. The van der Waals surface area contributed by atoms with Crippen LogP contribution in [0.2, 0.25) is 5.02 Å². The van der Waals surface area contributed by atoms with E-state index in [2.05, 4.69) is 15.9 Å². The van der Waals surface area contributed by atoms with Crippen molar-refractivity contribution in [1.82, 2.24) is 0 Å². The molecule has 17 heteroatoms. The minimum absolute atomic E-state index is 0.103. The molecule has 0 amide bonds. The largest absolute Gasteiger partial charge is 0.344 e. The zero-order valence-electron chi connectivity index (χ0n) is 26.1. The summed E-state index contributed by atoms with van der Waals surface area (Å²) < 4.78 is 99.5. The number of aromatic nitrogens is 1. The second-order valence-electron chi connectivity index (χ2n) is 12.4. The molecule has 1 aromatic heterocycles. The summed E-state index contributed by atoms with van der Waals surface area (Å²) in [5, 5.41) is 0.460. The molecule has 12 nitrogen and oxygen atoms in total. The lowest BCUT2D eigenvalue weighted by Crippen LogP contribution is -2.36. The minimum Gasteiger partial charge on any atom is -0.344 e. The van der Waals surface area contributed by atoms with Crippen molar-refractivity contribution in [2.45, 2.75) is 62.8 Å². The molecule has 4 rings (SSSR count). The quantitative estimate of drug-likeness (QED) is 0.145. The molecule has 3 N–H and O–H groups in total. The minimum atomic E-state index is -4.47. The molecular formula is C30H36BrClN3O9S3+. The number of allylic oxidation sites excluding steroid dienone is 6. The van der Waals surface area contributed by atoms with Crippen LogP contribution in [0.1, 0.15) is 51.7 Å². The highest BCUT2D eigenvalue weighted by Crippen LogP contribution is 2.48. The summed E-state index contributed by atoms with van der Waals surface area (Å²) in [4.78, 5) is 6.43. The van der Waals surface area contributed by atoms with Gasteiger partial charge in [-0.2, -0.15) is 25.3 Å². The van der Waals surface area contributed by atoms with Crippen LogP contribution < -0.4 is 9.47 Å². The zero-order chi connectivity index (χ0) is 35.2. The number of benzene rings is 1. The van der Waals surface area contributed by atoms with Crippen LogP contribution in [0.5, 0.6) is 0 Å². The van der Waals surface area contributed by atoms with Crippen LogP contribution in [-0.4, -0.2) is 62.7 Å². The Morgan fingerprint density at radius 1 is 0.957 bits per heavy atom. The monoisotopic (exact) mass is 792 g/mol. The van der Waals surface area contributed by atoms with Gasteiger partial charge >= 0.3 is 5.82 Å². The maximum Gasteiger partial charge on any atom is 0.327 e. The molecule has 0 unspecified atom stereocenters. The predicted octanol–water partition coefficient (Wildman–Crippen LogP) is 5.31. The summed E-state index contributed by atoms with van der Waals surface area (Å²) in [7, 11) is -12.8. The lowest BCUT2D eigenvalue weighted by molar-refractivity contribution is -0.684. The van der Waals surface area contributed by atoms with Gasteiger partial charge in [-0.05, 0) is 79.4 Å². The molecule has 2 aliphatic heterocycles. The third kappa shape index (κ3) is 8.78. The lowest BCUT2D eigenvalue weighted by atomic mass is 9.82. The van der Waals surface area contributed by atoms with Crippen molar-refractivity contribution < 1.29 is 43.5 Å². The fourth-order valence-electron chi connectivity index (χ4n) is 5.75. The highest BCUT2D eigenvalue weighted by molar-refractivity contribution is 9.11. The Balaban J connectivity index is 1.66. The molecule has 47 heavy (non-hydrogen) atoms. The van der Waals surface area contributed by atoms with Crippen LogP contribution in [-0.2, 0) is 47.7 Å². The van der Waals surface area contributed by atoms with Gasteiger partial charge in [-0.3, -0.25) is 13.7 Å². The van der Waals surface area contributed by atoms with Crippen molar-refractivity contribution in [2.24, 2.45) is 4.99 Å². The Hall–Kier alpha value is -2.44. The average Bonchev–Trinajstić information content (AvgIpc) is 3.29. The van der Waals surface area contributed by atoms with Gasteiger partial charge < -0.3 is 4.90 Å². The van der Waals surface area contributed by atoms with E-state index in [1.54, 1.807) is 22.9 Å². The van der Waals surface area contributed by atoms with Crippen molar-refractivity contribution in [2.75, 3.05) is 23.0 Å². The number of fused-ring (bicyclic) bond motifs is 2. The fourth-order valence-corrected chi connectivity index (χ4v) is 7.73. The normalized spacial score (nSPS) is 18.6. The first-order valence-corrected chi connectivity index (χ1v) is 20.2. The molecule has 0 radical (unpaired) electrons. The summed E-state index contributed by atoms with van der Waals surface area (Å²) in [5.41, 5.74) is 2.28. The van der Waals surface area contributed by atoms with Gasteiger partial charge in [0.1, 0.15) is 6.20 Å². The van der Waals surface area contributed by atoms with E-state index in [1.807, 2.05) is 56.9 Å². The maximum atomic E-state index is 11.9. The van der Waals surface area contributed by atoms with E-state index in [0.717, 1.165) is 17.0 Å². The van der Waals surface area contributed by atoms with Crippen LogP contribution in [0, 0.1) is 0 Å². The zero-order valence-corrected chi connectivity index (χ0v) is 30.8. The molecule has 3 heterocycles. The van der Waals surface area contributed by atoms with Gasteiger partial charge in [0.25, 0.3) is 30.4 Å². The molecule has 0 spiro atoms. The van der Waals surface area contributed by atoms with Crippen LogP contribution in [0.25, 0.3) is 0 Å². The third-order valence-corrected chi connectivity index (χ3v) is 11.4.